The molecule has 0 fully saturated rings. The van der Waals surface area contributed by atoms with Crippen molar-refractivity contribution in [3.05, 3.63) is 54.1 Å². The molecule has 0 aliphatic heterocycles. The monoisotopic (exact) mass is 223 g/mol. The van der Waals surface area contributed by atoms with Gasteiger partial charge in [-0.3, -0.25) is 5.10 Å². The van der Waals surface area contributed by atoms with Crippen LogP contribution in [0.4, 0.5) is 11.5 Å². The van der Waals surface area contributed by atoms with Gasteiger partial charge in [-0.1, -0.05) is 29.8 Å². The zero-order chi connectivity index (χ0) is 11.7. The summed E-state index contributed by atoms with van der Waals surface area (Å²) < 4.78 is 0. The minimum absolute atomic E-state index is 0.865. The van der Waals surface area contributed by atoms with Crippen LogP contribution in [0, 0.1) is 6.92 Å². The molecule has 3 heteroatoms. The highest BCUT2D eigenvalue weighted by Crippen LogP contribution is 2.23. The summed E-state index contributed by atoms with van der Waals surface area (Å²) >= 11 is 0. The summed E-state index contributed by atoms with van der Waals surface area (Å²) in [7, 11) is 0. The summed E-state index contributed by atoms with van der Waals surface area (Å²) in [4.78, 5) is 0. The van der Waals surface area contributed by atoms with E-state index < -0.39 is 0 Å². The van der Waals surface area contributed by atoms with Crippen LogP contribution in [0.5, 0.6) is 0 Å². The highest BCUT2D eigenvalue weighted by Gasteiger charge is 2.04. The van der Waals surface area contributed by atoms with Crippen LogP contribution in [0.25, 0.3) is 10.9 Å². The Kier molecular flexibility index (Phi) is 2.29. The first-order valence-electron chi connectivity index (χ1n) is 5.60. The Balaban J connectivity index is 1.97. The summed E-state index contributed by atoms with van der Waals surface area (Å²) in [6.07, 6.45) is 0. The number of rotatable bonds is 2. The molecule has 2 N–H and O–H groups in total. The van der Waals surface area contributed by atoms with E-state index in [1.165, 1.54) is 5.56 Å². The van der Waals surface area contributed by atoms with Crippen molar-refractivity contribution >= 4 is 22.4 Å². The van der Waals surface area contributed by atoms with E-state index in [2.05, 4.69) is 52.8 Å². The maximum atomic E-state index is 4.28. The Morgan fingerprint density at radius 2 is 1.76 bits per heavy atom. The normalized spacial score (nSPS) is 10.6. The lowest BCUT2D eigenvalue weighted by molar-refractivity contribution is 1.12. The number of para-hydroxylation sites is 1. The van der Waals surface area contributed by atoms with Crippen molar-refractivity contribution in [2.75, 3.05) is 5.32 Å². The second-order valence-corrected chi connectivity index (χ2v) is 4.11. The van der Waals surface area contributed by atoms with Crippen LogP contribution in [0.1, 0.15) is 5.56 Å². The van der Waals surface area contributed by atoms with Gasteiger partial charge in [-0.25, -0.2) is 0 Å². The molecule has 0 atom stereocenters. The number of H-pyrrole nitrogens is 1. The van der Waals surface area contributed by atoms with Gasteiger partial charge >= 0.3 is 0 Å². The summed E-state index contributed by atoms with van der Waals surface area (Å²) in [6.45, 7) is 2.08. The zero-order valence-electron chi connectivity index (χ0n) is 9.57. The number of aromatic nitrogens is 2. The Bertz CT molecular complexity index is 638. The van der Waals surface area contributed by atoms with Gasteiger partial charge in [0.15, 0.2) is 5.82 Å². The molecule has 0 aliphatic rings. The topological polar surface area (TPSA) is 40.7 Å². The van der Waals surface area contributed by atoms with Crippen LogP contribution in [-0.2, 0) is 0 Å². The number of aryl methyl sites for hydroxylation is 1. The lowest BCUT2D eigenvalue weighted by Crippen LogP contribution is -1.90. The third-order valence-electron chi connectivity index (χ3n) is 2.78. The van der Waals surface area contributed by atoms with E-state index in [-0.39, 0.29) is 0 Å². The number of fused-ring (bicyclic) bond motifs is 1. The van der Waals surface area contributed by atoms with Gasteiger partial charge in [0, 0.05) is 11.1 Å². The molecule has 0 saturated heterocycles. The molecule has 0 spiro atoms. The van der Waals surface area contributed by atoms with Crippen molar-refractivity contribution < 1.29 is 0 Å². The Morgan fingerprint density at radius 1 is 1.00 bits per heavy atom. The van der Waals surface area contributed by atoms with Gasteiger partial charge in [0.05, 0.1) is 5.52 Å². The first-order valence-corrected chi connectivity index (χ1v) is 5.60. The molecule has 0 amide bonds. The quantitative estimate of drug-likeness (QED) is 0.696. The van der Waals surface area contributed by atoms with Crippen LogP contribution >= 0.6 is 0 Å². The summed E-state index contributed by atoms with van der Waals surface area (Å²) in [6, 6.07) is 16.3. The van der Waals surface area contributed by atoms with Gasteiger partial charge in [-0.05, 0) is 31.2 Å². The molecule has 3 nitrogen and oxygen atoms in total. The van der Waals surface area contributed by atoms with E-state index in [1.54, 1.807) is 0 Å². The molecule has 3 rings (SSSR count). The molecule has 0 unspecified atom stereocenters. The molecule has 17 heavy (non-hydrogen) atoms. The molecule has 1 aromatic heterocycles. The predicted molar refractivity (Wildman–Crippen MR) is 70.6 cm³/mol. The predicted octanol–water partition coefficient (Wildman–Crippen LogP) is 3.61. The third kappa shape index (κ3) is 1.87. The molecule has 0 saturated carbocycles. The lowest BCUT2D eigenvalue weighted by Gasteiger charge is -2.03. The number of anilines is 2. The number of aromatic amines is 1. The number of nitrogens with zero attached hydrogens (tertiary/aromatic N) is 1. The van der Waals surface area contributed by atoms with E-state index in [0.717, 1.165) is 22.4 Å². The lowest BCUT2D eigenvalue weighted by atomic mass is 10.2. The van der Waals surface area contributed by atoms with Crippen molar-refractivity contribution in [1.82, 2.24) is 10.2 Å². The Labute approximate surface area is 99.5 Å². The van der Waals surface area contributed by atoms with Crippen LogP contribution in [-0.4, -0.2) is 10.2 Å². The van der Waals surface area contributed by atoms with Crippen molar-refractivity contribution in [2.45, 2.75) is 6.92 Å². The average Bonchev–Trinajstić information content (AvgIpc) is 2.76. The highest BCUT2D eigenvalue weighted by molar-refractivity contribution is 5.91. The molecule has 0 aliphatic carbocycles. The minimum atomic E-state index is 0.865. The minimum Gasteiger partial charge on any atom is -0.338 e. The van der Waals surface area contributed by atoms with E-state index in [4.69, 9.17) is 0 Å². The van der Waals surface area contributed by atoms with Crippen LogP contribution in [0.3, 0.4) is 0 Å². The smallest absolute Gasteiger partial charge is 0.160 e. The van der Waals surface area contributed by atoms with Crippen LogP contribution in [0.2, 0.25) is 0 Å². The maximum Gasteiger partial charge on any atom is 0.160 e. The van der Waals surface area contributed by atoms with Crippen LogP contribution in [0.15, 0.2) is 48.5 Å². The van der Waals surface area contributed by atoms with Gasteiger partial charge < -0.3 is 5.32 Å². The molecular weight excluding hydrogens is 210 g/mol. The Morgan fingerprint density at radius 3 is 2.59 bits per heavy atom. The summed E-state index contributed by atoms with van der Waals surface area (Å²) in [5.74, 6) is 0.865. The zero-order valence-corrected chi connectivity index (χ0v) is 9.57. The largest absolute Gasteiger partial charge is 0.338 e. The number of hydrogen-bond acceptors (Lipinski definition) is 2. The SMILES string of the molecule is Cc1ccc(Nc2n[nH]c3ccccc23)cc1. The fourth-order valence-electron chi connectivity index (χ4n) is 1.83. The number of benzene rings is 2. The van der Waals surface area contributed by atoms with E-state index >= 15 is 0 Å². The fourth-order valence-corrected chi connectivity index (χ4v) is 1.83. The molecule has 0 radical (unpaired) electrons. The van der Waals surface area contributed by atoms with E-state index in [1.807, 2.05) is 18.2 Å². The second kappa shape index (κ2) is 3.94. The van der Waals surface area contributed by atoms with Gasteiger partial charge in [0.25, 0.3) is 0 Å². The maximum absolute atomic E-state index is 4.28. The second-order valence-electron chi connectivity index (χ2n) is 4.11. The van der Waals surface area contributed by atoms with Gasteiger partial charge in [0.2, 0.25) is 0 Å². The summed E-state index contributed by atoms with van der Waals surface area (Å²) in [5.41, 5.74) is 3.34. The first-order chi connectivity index (χ1) is 8.33. The highest BCUT2D eigenvalue weighted by atomic mass is 15.2. The third-order valence-corrected chi connectivity index (χ3v) is 2.78. The molecule has 84 valence electrons. The molecular formula is C14H13N3. The van der Waals surface area contributed by atoms with Crippen molar-refractivity contribution in [3.8, 4) is 0 Å². The fraction of sp³-hybridized carbons (Fsp3) is 0.0714. The van der Waals surface area contributed by atoms with Gasteiger partial charge in [-0.15, -0.1) is 0 Å². The molecule has 2 aromatic carbocycles. The van der Waals surface area contributed by atoms with Crippen molar-refractivity contribution in [1.29, 1.82) is 0 Å². The van der Waals surface area contributed by atoms with Gasteiger partial charge in [0.1, 0.15) is 0 Å². The first kappa shape index (κ1) is 9.90. The standard InChI is InChI=1S/C14H13N3/c1-10-6-8-11(9-7-10)15-14-12-4-2-3-5-13(12)16-17-14/h2-9H,1H3,(H2,15,16,17). The van der Waals surface area contributed by atoms with Crippen molar-refractivity contribution in [2.24, 2.45) is 0 Å². The average molecular weight is 223 g/mol. The van der Waals surface area contributed by atoms with Crippen molar-refractivity contribution in [3.63, 3.8) is 0 Å². The number of hydrogen-bond donors (Lipinski definition) is 2. The van der Waals surface area contributed by atoms with Crippen LogP contribution < -0.4 is 5.32 Å². The molecule has 1 heterocycles. The summed E-state index contributed by atoms with van der Waals surface area (Å²) in [5, 5.41) is 11.7. The van der Waals surface area contributed by atoms with E-state index in [0.29, 0.717) is 0 Å². The molecule has 0 bridgehead atoms. The Hall–Kier alpha value is -2.29. The van der Waals surface area contributed by atoms with Gasteiger partial charge in [-0.2, -0.15) is 5.10 Å². The number of nitrogens with one attached hydrogen (secondary N) is 2. The van der Waals surface area contributed by atoms with E-state index in [9.17, 15) is 0 Å². The molecule has 3 aromatic rings.